The van der Waals surface area contributed by atoms with Gasteiger partial charge in [0.1, 0.15) is 17.6 Å². The van der Waals surface area contributed by atoms with Crippen molar-refractivity contribution in [3.8, 4) is 17.6 Å². The van der Waals surface area contributed by atoms with Gasteiger partial charge in [-0.2, -0.15) is 28.8 Å². The van der Waals surface area contributed by atoms with Crippen molar-refractivity contribution in [3.05, 3.63) is 69.6 Å². The summed E-state index contributed by atoms with van der Waals surface area (Å²) in [6.07, 6.45) is 0.960. The Morgan fingerprint density at radius 3 is 1.96 bits per heavy atom. The van der Waals surface area contributed by atoms with Crippen LogP contribution in [0.3, 0.4) is 0 Å². The molecule has 0 aliphatic heterocycles. The number of hydrogen-bond acceptors (Lipinski definition) is 14. The SMILES string of the molecule is CC1(C)[C@H](C(=O)O[C@H](C#N)c2cccc(Oc3ccccc3)c2)[C@@H]1C=C(Br)Br.CCOP(=O)(OCC)SCCSCC.CCOP(=S)(OCC)OCCSCC. The number of ether oxygens (including phenoxy) is 2. The standard InChI is InChI=1S/C22H19Br2NO3.2C8H19O3PS2/c1-22(2)17(12-19(23)24)20(22)21(26)28-18(13-25)14-7-6-10-16(11-14)27-15-8-4-3-5-9-15;1-4-10-12(9,11-5-2)14-8-7-13-6-3;1-4-9-12(13,10-5-2)11-7-8-14-6-3/h3-12,17-18,20H,1-2H3;2*4-8H2,1-3H3/t17-,18+,20-;;/m0../s1. The molecular formula is C38H57Br2NO9P2S4. The summed E-state index contributed by atoms with van der Waals surface area (Å²) >= 11 is 16.8. The van der Waals surface area contributed by atoms with Crippen molar-refractivity contribution >= 4 is 98.1 Å². The van der Waals surface area contributed by atoms with Crippen LogP contribution in [-0.2, 0) is 48.5 Å². The molecule has 0 aromatic heterocycles. The molecule has 0 heterocycles. The third-order valence-electron chi connectivity index (χ3n) is 7.47. The van der Waals surface area contributed by atoms with Crippen LogP contribution in [0.15, 0.2) is 64.1 Å². The number of carbonyl (C=O) groups is 1. The summed E-state index contributed by atoms with van der Waals surface area (Å²) in [5.74, 6) is 5.61. The van der Waals surface area contributed by atoms with E-state index < -0.39 is 19.6 Å². The van der Waals surface area contributed by atoms with Gasteiger partial charge in [0.2, 0.25) is 6.10 Å². The number of carbonyl (C=O) groups excluding carboxylic acids is 1. The fraction of sp³-hybridized carbons (Fsp3) is 0.579. The lowest BCUT2D eigenvalue weighted by molar-refractivity contribution is -0.149. The van der Waals surface area contributed by atoms with Gasteiger partial charge in [0.15, 0.2) is 0 Å². The molecule has 0 amide bonds. The first-order valence-electron chi connectivity index (χ1n) is 18.4. The summed E-state index contributed by atoms with van der Waals surface area (Å²) in [5, 5.41) is 9.56. The van der Waals surface area contributed by atoms with Crippen molar-refractivity contribution in [1.29, 1.82) is 5.26 Å². The number of hydrogen-bond donors (Lipinski definition) is 0. The van der Waals surface area contributed by atoms with Gasteiger partial charge < -0.3 is 32.1 Å². The van der Waals surface area contributed by atoms with E-state index >= 15 is 0 Å². The van der Waals surface area contributed by atoms with E-state index in [1.807, 2.05) is 101 Å². The molecule has 1 aliphatic carbocycles. The van der Waals surface area contributed by atoms with Crippen LogP contribution in [0.2, 0.25) is 0 Å². The van der Waals surface area contributed by atoms with Crippen molar-refractivity contribution < 1.29 is 41.5 Å². The van der Waals surface area contributed by atoms with Crippen molar-refractivity contribution in [3.63, 3.8) is 0 Å². The van der Waals surface area contributed by atoms with E-state index in [-0.39, 0.29) is 23.2 Å². The van der Waals surface area contributed by atoms with Gasteiger partial charge in [-0.25, -0.2) is 4.57 Å². The smallest absolute Gasteiger partial charge is 0.389 e. The molecule has 1 aliphatic rings. The maximum absolute atomic E-state index is 12.7. The molecule has 10 nitrogen and oxygen atoms in total. The van der Waals surface area contributed by atoms with Gasteiger partial charge in [0, 0.05) is 22.8 Å². The zero-order chi connectivity index (χ0) is 42.0. The van der Waals surface area contributed by atoms with Gasteiger partial charge in [-0.15, -0.1) is 0 Å². The van der Waals surface area contributed by atoms with Crippen molar-refractivity contribution in [2.75, 3.05) is 61.8 Å². The van der Waals surface area contributed by atoms with Crippen LogP contribution < -0.4 is 4.74 Å². The van der Waals surface area contributed by atoms with E-state index in [0.717, 1.165) is 32.2 Å². The summed E-state index contributed by atoms with van der Waals surface area (Å²) in [7, 11) is 0. The Hall–Kier alpha value is -0.370. The lowest BCUT2D eigenvalue weighted by Crippen LogP contribution is -2.14. The van der Waals surface area contributed by atoms with Crippen molar-refractivity contribution in [1.82, 2.24) is 0 Å². The third kappa shape index (κ3) is 21.2. The zero-order valence-electron chi connectivity index (χ0n) is 33.5. The molecule has 316 valence electrons. The predicted octanol–water partition coefficient (Wildman–Crippen LogP) is 13.2. The monoisotopic (exact) mass is 1020 g/mol. The topological polar surface area (TPSA) is 123 Å². The van der Waals surface area contributed by atoms with Crippen LogP contribution in [0.1, 0.15) is 67.1 Å². The zero-order valence-corrected chi connectivity index (χ0v) is 41.7. The highest BCUT2D eigenvalue weighted by atomic mass is 79.9. The number of nitriles is 1. The molecule has 56 heavy (non-hydrogen) atoms. The summed E-state index contributed by atoms with van der Waals surface area (Å²) in [5.41, 5.74) is 0.374. The lowest BCUT2D eigenvalue weighted by Gasteiger charge is -2.20. The minimum atomic E-state index is -2.86. The number of thioether (sulfide) groups is 2. The number of benzene rings is 2. The second kappa shape index (κ2) is 29.8. The number of allylic oxidation sites excluding steroid dienone is 1. The molecular weight excluding hydrogens is 964 g/mol. The summed E-state index contributed by atoms with van der Waals surface area (Å²) in [4.78, 5) is 12.7. The maximum atomic E-state index is 12.7. The van der Waals surface area contributed by atoms with Crippen molar-refractivity contribution in [2.45, 2.75) is 61.5 Å². The molecule has 3 rings (SSSR count). The van der Waals surface area contributed by atoms with E-state index in [1.165, 1.54) is 11.4 Å². The van der Waals surface area contributed by atoms with Crippen LogP contribution in [0, 0.1) is 28.6 Å². The Balaban J connectivity index is 0.000000473. The molecule has 1 fully saturated rings. The molecule has 0 radical (unpaired) electrons. The van der Waals surface area contributed by atoms with E-state index in [0.29, 0.717) is 50.1 Å². The number of para-hydroxylation sites is 1. The molecule has 2 aromatic carbocycles. The summed E-state index contributed by atoms with van der Waals surface area (Å²) in [6.45, 7) is 13.0. The molecule has 3 atom stereocenters. The molecule has 18 heteroatoms. The van der Waals surface area contributed by atoms with Crippen LogP contribution >= 0.6 is 80.3 Å². The minimum Gasteiger partial charge on any atom is -0.457 e. The summed E-state index contributed by atoms with van der Waals surface area (Å²) < 4.78 is 50.4. The van der Waals surface area contributed by atoms with E-state index in [2.05, 4.69) is 51.8 Å². The van der Waals surface area contributed by atoms with Gasteiger partial charge in [0.25, 0.3) is 0 Å². The molecule has 0 N–H and O–H groups in total. The number of nitrogens with zero attached hydrogens (tertiary/aromatic N) is 1. The first-order valence-corrected chi connectivity index (χ1v) is 28.0. The second-order valence-electron chi connectivity index (χ2n) is 11.8. The summed E-state index contributed by atoms with van der Waals surface area (Å²) in [6, 6.07) is 18.5. The quantitative estimate of drug-likeness (QED) is 0.0563. The average Bonchev–Trinajstić information content (AvgIpc) is 3.70. The number of halogens is 2. The predicted molar refractivity (Wildman–Crippen MR) is 247 cm³/mol. The first kappa shape index (κ1) is 53.6. The van der Waals surface area contributed by atoms with Gasteiger partial charge in [-0.05, 0) is 130 Å². The van der Waals surface area contributed by atoms with E-state index in [9.17, 15) is 14.6 Å². The molecule has 0 unspecified atom stereocenters. The largest absolute Gasteiger partial charge is 0.457 e. The first-order chi connectivity index (χ1) is 26.7. The molecule has 0 saturated heterocycles. The fourth-order valence-corrected chi connectivity index (χ4v) is 12.6. The minimum absolute atomic E-state index is 0.0563. The number of rotatable bonds is 24. The van der Waals surface area contributed by atoms with Gasteiger partial charge >= 0.3 is 19.5 Å². The molecule has 0 spiro atoms. The van der Waals surface area contributed by atoms with Gasteiger partial charge in [0.05, 0.1) is 42.3 Å². The van der Waals surface area contributed by atoms with Crippen LogP contribution in [0.5, 0.6) is 11.5 Å². The average molecular weight is 1020 g/mol. The Morgan fingerprint density at radius 2 is 1.43 bits per heavy atom. The highest BCUT2D eigenvalue weighted by Gasteiger charge is 2.61. The van der Waals surface area contributed by atoms with Crippen molar-refractivity contribution in [2.24, 2.45) is 17.3 Å². The van der Waals surface area contributed by atoms with Crippen LogP contribution in [0.4, 0.5) is 0 Å². The highest BCUT2D eigenvalue weighted by Crippen LogP contribution is 2.61. The molecule has 2 aromatic rings. The third-order valence-corrected chi connectivity index (χ3v) is 16.6. The van der Waals surface area contributed by atoms with Gasteiger partial charge in [-0.3, -0.25) is 4.79 Å². The molecule has 0 bridgehead atoms. The Bertz CT molecular complexity index is 1530. The Morgan fingerprint density at radius 1 is 0.857 bits per heavy atom. The Labute approximate surface area is 369 Å². The highest BCUT2D eigenvalue weighted by molar-refractivity contribution is 9.28. The van der Waals surface area contributed by atoms with E-state index in [1.54, 1.807) is 24.3 Å². The number of esters is 1. The normalized spacial score (nSPS) is 16.2. The van der Waals surface area contributed by atoms with E-state index in [4.69, 9.17) is 43.9 Å². The Kier molecular flexibility index (Phi) is 28.5. The van der Waals surface area contributed by atoms with Crippen LogP contribution in [0.25, 0.3) is 0 Å². The lowest BCUT2D eigenvalue weighted by atomic mass is 10.1. The van der Waals surface area contributed by atoms with Gasteiger partial charge in [-0.1, -0.05) is 64.1 Å². The second-order valence-corrected chi connectivity index (χ2v) is 24.6. The maximum Gasteiger partial charge on any atom is 0.389 e. The van der Waals surface area contributed by atoms with Crippen LogP contribution in [-0.4, -0.2) is 67.8 Å². The molecule has 1 saturated carbocycles. The fourth-order valence-electron chi connectivity index (χ4n) is 4.86.